The van der Waals surface area contributed by atoms with Gasteiger partial charge in [-0.3, -0.25) is 0 Å². The van der Waals surface area contributed by atoms with Crippen molar-refractivity contribution in [2.75, 3.05) is 0 Å². The summed E-state index contributed by atoms with van der Waals surface area (Å²) in [4.78, 5) is 16.5. The van der Waals surface area contributed by atoms with Gasteiger partial charge in [-0.2, -0.15) is 15.8 Å². The second kappa shape index (κ2) is 24.6. The lowest BCUT2D eigenvalue weighted by atomic mass is 9.99. The number of benzene rings is 14. The average Bonchev–Trinajstić information content (AvgIpc) is 1.57. The van der Waals surface area contributed by atoms with E-state index in [9.17, 15) is 15.8 Å². The van der Waals surface area contributed by atoms with Crippen LogP contribution in [0, 0.1) is 34.0 Å². The molecule has 17 aromatic rings. The minimum atomic E-state index is 0.462. The van der Waals surface area contributed by atoms with Gasteiger partial charge in [-0.15, -0.1) is 0 Å². The summed E-state index contributed by atoms with van der Waals surface area (Å²) in [5.74, 6) is 1.40. The molecule has 3 heterocycles. The molecule has 0 saturated heterocycles. The van der Waals surface area contributed by atoms with Crippen LogP contribution in [0.15, 0.2) is 328 Å². The Bertz CT molecular complexity index is 5560. The highest BCUT2D eigenvalue weighted by Crippen LogP contribution is 2.44. The predicted molar refractivity (Wildman–Crippen MR) is 397 cm³/mol. The number of hydrogen-bond acceptors (Lipinski definition) is 6. The van der Waals surface area contributed by atoms with Gasteiger partial charge in [0, 0.05) is 49.4 Å². The van der Waals surface area contributed by atoms with Crippen LogP contribution in [0.2, 0.25) is 0 Å². The van der Waals surface area contributed by atoms with E-state index >= 15 is 0 Å². The van der Waals surface area contributed by atoms with Gasteiger partial charge in [-0.1, -0.05) is 231 Å². The zero-order valence-corrected chi connectivity index (χ0v) is 52.8. The number of nitriles is 3. The van der Waals surface area contributed by atoms with Crippen molar-refractivity contribution in [1.29, 1.82) is 15.8 Å². The highest BCUT2D eigenvalue weighted by atomic mass is 15.0. The van der Waals surface area contributed by atoms with Crippen molar-refractivity contribution in [3.63, 3.8) is 0 Å². The molecule has 0 aliphatic heterocycles. The first-order valence-electron chi connectivity index (χ1n) is 32.5. The van der Waals surface area contributed by atoms with Gasteiger partial charge in [0.2, 0.25) is 0 Å². The lowest BCUT2D eigenvalue weighted by molar-refractivity contribution is 1.07. The van der Waals surface area contributed by atoms with E-state index in [1.165, 1.54) is 0 Å². The Morgan fingerprint density at radius 3 is 0.735 bits per heavy atom. The van der Waals surface area contributed by atoms with Crippen molar-refractivity contribution >= 4 is 43.6 Å². The molecule has 0 amide bonds. The number of hydrogen-bond donors (Lipinski definition) is 0. The third-order valence-corrected chi connectivity index (χ3v) is 18.7. The van der Waals surface area contributed by atoms with Crippen molar-refractivity contribution in [2.24, 2.45) is 0 Å². The predicted octanol–water partition coefficient (Wildman–Crippen LogP) is 22.4. The number of nitrogens with zero attached hydrogens (tertiary/aromatic N) is 8. The van der Waals surface area contributed by atoms with Crippen LogP contribution in [0.4, 0.5) is 0 Å². The average molecular weight is 1250 g/mol. The fraction of sp³-hybridized carbons (Fsp3) is 0. The highest BCUT2D eigenvalue weighted by molar-refractivity contribution is 6.14. The molecule has 0 saturated carbocycles. The maximum absolute atomic E-state index is 10.0. The van der Waals surface area contributed by atoms with Gasteiger partial charge in [0.1, 0.15) is 0 Å². The molecule has 0 aliphatic rings. The van der Waals surface area contributed by atoms with E-state index in [-0.39, 0.29) is 0 Å². The lowest BCUT2D eigenvalue weighted by Gasteiger charge is -2.18. The van der Waals surface area contributed by atoms with Crippen LogP contribution in [0.3, 0.4) is 0 Å². The van der Waals surface area contributed by atoms with Crippen molar-refractivity contribution in [3.05, 3.63) is 344 Å². The summed E-state index contributed by atoms with van der Waals surface area (Å²) in [6.45, 7) is 0. The van der Waals surface area contributed by atoms with Crippen LogP contribution in [0.5, 0.6) is 0 Å². The Kier molecular flexibility index (Phi) is 14.5. The van der Waals surface area contributed by atoms with Gasteiger partial charge < -0.3 is 9.13 Å². The zero-order valence-electron chi connectivity index (χ0n) is 52.8. The topological polar surface area (TPSA) is 120 Å². The van der Waals surface area contributed by atoms with Gasteiger partial charge in [-0.05, 0) is 164 Å². The molecule has 3 aromatic heterocycles. The monoisotopic (exact) mass is 1250 g/mol. The van der Waals surface area contributed by atoms with E-state index in [2.05, 4.69) is 246 Å². The van der Waals surface area contributed by atoms with Crippen LogP contribution in [0.25, 0.3) is 167 Å². The second-order valence-corrected chi connectivity index (χ2v) is 24.5. The van der Waals surface area contributed by atoms with Crippen LogP contribution in [-0.2, 0) is 0 Å². The lowest BCUT2D eigenvalue weighted by Crippen LogP contribution is -2.03. The van der Waals surface area contributed by atoms with E-state index in [4.69, 9.17) is 15.0 Å². The van der Waals surface area contributed by atoms with Gasteiger partial charge in [-0.25, -0.2) is 15.0 Å². The summed E-state index contributed by atoms with van der Waals surface area (Å²) in [6, 6.07) is 120. The van der Waals surface area contributed by atoms with Gasteiger partial charge in [0.15, 0.2) is 17.5 Å². The van der Waals surface area contributed by atoms with Gasteiger partial charge in [0.25, 0.3) is 0 Å². The quantitative estimate of drug-likeness (QED) is 0.120. The number of aromatic nitrogens is 5. The first kappa shape index (κ1) is 58.0. The molecule has 98 heavy (non-hydrogen) atoms. The summed E-state index contributed by atoms with van der Waals surface area (Å²) in [5, 5.41) is 34.1. The molecule has 0 unspecified atom stereocenters. The van der Waals surface area contributed by atoms with Crippen molar-refractivity contribution in [1.82, 2.24) is 24.1 Å². The van der Waals surface area contributed by atoms with Crippen LogP contribution >= 0.6 is 0 Å². The molecule has 14 aromatic carbocycles. The normalized spacial score (nSPS) is 11.2. The molecule has 0 radical (unpaired) electrons. The molecule has 8 nitrogen and oxygen atoms in total. The summed E-state index contributed by atoms with van der Waals surface area (Å²) in [5.41, 5.74) is 24.6. The molecule has 0 bridgehead atoms. The molecular weight excluding hydrogens is 1190 g/mol. The fourth-order valence-corrected chi connectivity index (χ4v) is 13.8. The largest absolute Gasteiger partial charge is 0.309 e. The first-order valence-corrected chi connectivity index (χ1v) is 32.5. The van der Waals surface area contributed by atoms with Gasteiger partial charge >= 0.3 is 0 Å². The maximum Gasteiger partial charge on any atom is 0.164 e. The molecule has 0 N–H and O–H groups in total. The van der Waals surface area contributed by atoms with Crippen molar-refractivity contribution in [2.45, 2.75) is 0 Å². The number of fused-ring (bicyclic) bond motifs is 6. The maximum atomic E-state index is 10.0. The van der Waals surface area contributed by atoms with Crippen molar-refractivity contribution < 1.29 is 0 Å². The second-order valence-electron chi connectivity index (χ2n) is 24.5. The van der Waals surface area contributed by atoms with E-state index in [1.54, 1.807) is 0 Å². The van der Waals surface area contributed by atoms with Crippen LogP contribution in [0.1, 0.15) is 16.7 Å². The molecular formula is C90H54N8. The van der Waals surface area contributed by atoms with Crippen molar-refractivity contribution in [3.8, 4) is 142 Å². The van der Waals surface area contributed by atoms with E-state index in [1.807, 2.05) is 109 Å². The molecule has 0 atom stereocenters. The van der Waals surface area contributed by atoms with E-state index < -0.39 is 0 Å². The zero-order chi connectivity index (χ0) is 65.6. The minimum absolute atomic E-state index is 0.462. The summed E-state index contributed by atoms with van der Waals surface area (Å²) >= 11 is 0. The molecule has 0 fully saturated rings. The highest BCUT2D eigenvalue weighted by Gasteiger charge is 2.24. The molecule has 17 rings (SSSR count). The first-order chi connectivity index (χ1) is 48.4. The molecule has 0 spiro atoms. The Morgan fingerprint density at radius 1 is 0.204 bits per heavy atom. The Hall–Kier alpha value is -13.8. The standard InChI is InChI=1S/C90H54N8/c91-55-58-21-27-65(28-22-58)66-33-35-69(36-34-66)88-94-89(74-37-43-76(67-29-23-59(56-92)24-30-67)86(53-74)97-82-45-39-70(61-13-5-1-6-14-61)49-78(82)79-50-71(40-46-83(79)97)62-15-7-2-8-16-62)96-90(95-88)75-38-44-77(68-31-25-60(57-93)26-32-68)87(54-75)98-84-47-41-72(63-17-9-3-10-18-63)51-80(84)81-52-73(42-48-85(81)98)64-19-11-4-12-20-64/h1-54H. The molecule has 0 aliphatic carbocycles. The van der Waals surface area contributed by atoms with Gasteiger partial charge in [0.05, 0.1) is 68.3 Å². The minimum Gasteiger partial charge on any atom is -0.309 e. The summed E-state index contributed by atoms with van der Waals surface area (Å²) < 4.78 is 4.73. The van der Waals surface area contributed by atoms with Crippen LogP contribution < -0.4 is 0 Å². The Morgan fingerprint density at radius 2 is 0.439 bits per heavy atom. The fourth-order valence-electron chi connectivity index (χ4n) is 13.8. The summed E-state index contributed by atoms with van der Waals surface area (Å²) in [6.07, 6.45) is 0. The van der Waals surface area contributed by atoms with Crippen LogP contribution in [-0.4, -0.2) is 24.1 Å². The third kappa shape index (κ3) is 10.6. The Labute approximate surface area is 566 Å². The number of rotatable bonds is 12. The molecule has 454 valence electrons. The molecule has 8 heteroatoms. The summed E-state index contributed by atoms with van der Waals surface area (Å²) in [7, 11) is 0. The Balaban J connectivity index is 0.904. The SMILES string of the molecule is N#Cc1ccc(-c2ccc(-c3nc(-c4ccc(-c5ccc(C#N)cc5)c(-n5c6ccc(-c7ccccc7)cc6c6cc(-c7ccccc7)ccc65)c4)nc(-c4ccc(-c5ccc(C#N)cc5)c(-n5c6ccc(-c7ccccc7)cc6c6cc(-c7ccccc7)ccc65)c4)n3)cc2)cc1. The smallest absolute Gasteiger partial charge is 0.164 e. The van der Waals surface area contributed by atoms with E-state index in [0.29, 0.717) is 34.2 Å². The van der Waals surface area contributed by atoms with E-state index in [0.717, 1.165) is 150 Å². The third-order valence-electron chi connectivity index (χ3n) is 18.7.